The first-order chi connectivity index (χ1) is 28.8. The van der Waals surface area contributed by atoms with Crippen molar-refractivity contribution in [3.05, 3.63) is 141 Å². The van der Waals surface area contributed by atoms with E-state index < -0.39 is 0 Å². The highest BCUT2D eigenvalue weighted by atomic mass is 35.5. The highest BCUT2D eigenvalue weighted by Gasteiger charge is 2.38. The summed E-state index contributed by atoms with van der Waals surface area (Å²) in [6.07, 6.45) is 9.56. The molecule has 0 amide bonds. The van der Waals surface area contributed by atoms with E-state index >= 15 is 0 Å². The van der Waals surface area contributed by atoms with E-state index in [0.29, 0.717) is 66.9 Å². The second kappa shape index (κ2) is 14.1. The lowest BCUT2D eigenvalue weighted by Gasteiger charge is -2.10. The van der Waals surface area contributed by atoms with Crippen molar-refractivity contribution in [3.63, 3.8) is 0 Å². The van der Waals surface area contributed by atoms with Crippen molar-refractivity contribution < 1.29 is 14.0 Å². The van der Waals surface area contributed by atoms with Crippen LogP contribution in [0.25, 0.3) is 33.9 Å². The number of ether oxygens (including phenoxy) is 2. The SMILES string of the molecule is CCn1cc2c(n1)-c1cc(Cl)ccc1-n1c[n+](CCn3cc4c(n3)-c3cc(Cl)ccc3-n3cnc(C5=N[C@H](C(C)C)CO5)c3C4)c(C3=N[C@H](c4ccccc4)CO3)c1C2. The molecule has 0 spiro atoms. The van der Waals surface area contributed by atoms with Gasteiger partial charge in [-0.05, 0) is 54.8 Å². The van der Waals surface area contributed by atoms with Gasteiger partial charge in [0, 0.05) is 58.5 Å². The van der Waals surface area contributed by atoms with Crippen LogP contribution >= 0.6 is 23.2 Å². The van der Waals surface area contributed by atoms with E-state index in [1.807, 2.05) is 64.2 Å². The number of rotatable bonds is 8. The summed E-state index contributed by atoms with van der Waals surface area (Å²) in [6.45, 7) is 9.43. The Morgan fingerprint density at radius 3 is 2.15 bits per heavy atom. The molecule has 3 aromatic carbocycles. The molecule has 7 aromatic rings. The normalized spacial score (nSPS) is 17.5. The van der Waals surface area contributed by atoms with Gasteiger partial charge in [0.25, 0.3) is 5.90 Å². The predicted octanol–water partition coefficient (Wildman–Crippen LogP) is 7.83. The van der Waals surface area contributed by atoms with Crippen molar-refractivity contribution in [1.82, 2.24) is 33.7 Å². The Hall–Kier alpha value is -5.98. The predicted molar refractivity (Wildman–Crippen MR) is 226 cm³/mol. The third-order valence-electron chi connectivity index (χ3n) is 11.9. The van der Waals surface area contributed by atoms with Gasteiger partial charge >= 0.3 is 0 Å². The average Bonchev–Trinajstić information content (AvgIpc) is 4.10. The second-order valence-electron chi connectivity index (χ2n) is 15.9. The van der Waals surface area contributed by atoms with Crippen LogP contribution in [-0.4, -0.2) is 64.7 Å². The van der Waals surface area contributed by atoms with Crippen molar-refractivity contribution in [2.24, 2.45) is 15.9 Å². The molecule has 0 radical (unpaired) electrons. The van der Waals surface area contributed by atoms with E-state index in [4.69, 9.17) is 57.8 Å². The molecule has 11 rings (SSSR count). The van der Waals surface area contributed by atoms with E-state index in [2.05, 4.69) is 71.4 Å². The maximum Gasteiger partial charge on any atom is 0.262 e. The largest absolute Gasteiger partial charge is 0.474 e. The summed E-state index contributed by atoms with van der Waals surface area (Å²) in [5.41, 5.74) is 12.9. The highest BCUT2D eigenvalue weighted by Crippen LogP contribution is 2.39. The second-order valence-corrected chi connectivity index (χ2v) is 16.8. The first-order valence-corrected chi connectivity index (χ1v) is 20.9. The van der Waals surface area contributed by atoms with E-state index in [0.717, 1.165) is 79.9 Å². The molecule has 14 heteroatoms. The molecule has 59 heavy (non-hydrogen) atoms. The highest BCUT2D eigenvalue weighted by molar-refractivity contribution is 6.31. The Morgan fingerprint density at radius 1 is 0.763 bits per heavy atom. The van der Waals surface area contributed by atoms with E-state index in [1.165, 1.54) is 0 Å². The number of halogens is 2. The maximum atomic E-state index is 6.66. The van der Waals surface area contributed by atoms with Gasteiger partial charge in [-0.1, -0.05) is 67.4 Å². The van der Waals surface area contributed by atoms with E-state index in [-0.39, 0.29) is 12.1 Å². The van der Waals surface area contributed by atoms with Gasteiger partial charge in [-0.3, -0.25) is 9.36 Å². The van der Waals surface area contributed by atoms with Crippen LogP contribution in [0.3, 0.4) is 0 Å². The molecule has 0 fully saturated rings. The molecule has 4 aromatic heterocycles. The minimum absolute atomic E-state index is 0.102. The van der Waals surface area contributed by atoms with Gasteiger partial charge in [0.15, 0.2) is 5.69 Å². The molecular weight excluding hydrogens is 783 g/mol. The Bertz CT molecular complexity index is 2860. The number of hydrogen-bond donors (Lipinski definition) is 0. The molecule has 0 N–H and O–H groups in total. The zero-order valence-electron chi connectivity index (χ0n) is 32.9. The van der Waals surface area contributed by atoms with Crippen LogP contribution in [0.5, 0.6) is 0 Å². The summed E-state index contributed by atoms with van der Waals surface area (Å²) in [7, 11) is 0. The van der Waals surface area contributed by atoms with Gasteiger partial charge in [-0.25, -0.2) is 19.5 Å². The van der Waals surface area contributed by atoms with Gasteiger partial charge in [0.1, 0.15) is 49.2 Å². The third-order valence-corrected chi connectivity index (χ3v) is 12.4. The molecule has 8 heterocycles. The van der Waals surface area contributed by atoms with Crippen LogP contribution in [0.4, 0.5) is 0 Å². The molecule has 4 aliphatic rings. The van der Waals surface area contributed by atoms with Gasteiger partial charge in [0.05, 0.1) is 35.2 Å². The number of benzene rings is 3. The van der Waals surface area contributed by atoms with Crippen LogP contribution in [0.1, 0.15) is 66.3 Å². The maximum absolute atomic E-state index is 6.66. The summed E-state index contributed by atoms with van der Waals surface area (Å²) in [5.74, 6) is 1.61. The lowest BCUT2D eigenvalue weighted by Crippen LogP contribution is -2.40. The lowest BCUT2D eigenvalue weighted by atomic mass is 10.0. The third kappa shape index (κ3) is 6.10. The van der Waals surface area contributed by atoms with Crippen molar-refractivity contribution >= 4 is 35.0 Å². The Labute approximate surface area is 351 Å². The Morgan fingerprint density at radius 2 is 1.44 bits per heavy atom. The minimum atomic E-state index is -0.102. The van der Waals surface area contributed by atoms with E-state index in [1.54, 1.807) is 0 Å². The topological polar surface area (TPSA) is 105 Å². The molecule has 0 aliphatic carbocycles. The Kier molecular flexibility index (Phi) is 8.63. The van der Waals surface area contributed by atoms with Crippen LogP contribution in [0.2, 0.25) is 10.0 Å². The first-order valence-electron chi connectivity index (χ1n) is 20.2. The minimum Gasteiger partial charge on any atom is -0.474 e. The average molecular weight is 825 g/mol. The standard InChI is InChI=1S/C45H41Cl2N10O2/c1-4-54-20-29-17-39-43(45-50-35(23-59-45)27-8-6-5-7-9-27)53(25-57(39)37-13-11-31(47)19-33(37)40(29)51-54)14-15-55-21-28-16-38-42(44-49-34(22-58-44)26(2)3)48-24-56(38)36-12-10-30(46)18-32(36)41(28)52-55/h5-13,18-21,24-26,34-35H,4,14-17,22-23H2,1-3H3/q+1/t34-,35-/m0/s1. The number of hydrogen-bond acceptors (Lipinski definition) is 7. The monoisotopic (exact) mass is 823 g/mol. The smallest absolute Gasteiger partial charge is 0.262 e. The van der Waals surface area contributed by atoms with Crippen LogP contribution in [0, 0.1) is 5.92 Å². The van der Waals surface area contributed by atoms with E-state index in [9.17, 15) is 0 Å². The summed E-state index contributed by atoms with van der Waals surface area (Å²) >= 11 is 13.3. The fourth-order valence-electron chi connectivity index (χ4n) is 8.78. The lowest BCUT2D eigenvalue weighted by molar-refractivity contribution is -0.699. The van der Waals surface area contributed by atoms with Crippen molar-refractivity contribution in [2.45, 2.75) is 65.3 Å². The molecule has 0 unspecified atom stereocenters. The summed E-state index contributed by atoms with van der Waals surface area (Å²) < 4.78 is 23.4. The summed E-state index contributed by atoms with van der Waals surface area (Å²) in [6, 6.07) is 22.3. The zero-order chi connectivity index (χ0) is 39.9. The van der Waals surface area contributed by atoms with Crippen LogP contribution in [-0.2, 0) is 41.9 Å². The molecular formula is C45H41Cl2N10O2+. The molecule has 296 valence electrons. The molecule has 12 nitrogen and oxygen atoms in total. The van der Waals surface area contributed by atoms with Gasteiger partial charge in [-0.2, -0.15) is 14.8 Å². The molecule has 4 aliphatic heterocycles. The Balaban J connectivity index is 0.997. The van der Waals surface area contributed by atoms with Gasteiger partial charge < -0.3 is 14.0 Å². The van der Waals surface area contributed by atoms with Gasteiger partial charge in [-0.15, -0.1) is 0 Å². The summed E-state index contributed by atoms with van der Waals surface area (Å²) in [4.78, 5) is 15.0. The fraction of sp³-hybridized carbons (Fsp3) is 0.289. The number of fused-ring (bicyclic) bond motifs is 10. The molecule has 0 saturated carbocycles. The fourth-order valence-corrected chi connectivity index (χ4v) is 9.12. The van der Waals surface area contributed by atoms with Crippen LogP contribution < -0.4 is 4.57 Å². The zero-order valence-corrected chi connectivity index (χ0v) is 34.4. The number of imidazole rings is 2. The quantitative estimate of drug-likeness (QED) is 0.145. The van der Waals surface area contributed by atoms with Crippen LogP contribution in [0.15, 0.2) is 102 Å². The number of aliphatic imine (C=N–C) groups is 2. The van der Waals surface area contributed by atoms with Crippen molar-refractivity contribution in [3.8, 4) is 33.9 Å². The number of aryl methyl sites for hydroxylation is 3. The summed E-state index contributed by atoms with van der Waals surface area (Å²) in [5, 5.41) is 11.6. The van der Waals surface area contributed by atoms with Crippen molar-refractivity contribution in [2.75, 3.05) is 13.2 Å². The van der Waals surface area contributed by atoms with Crippen molar-refractivity contribution in [1.29, 1.82) is 0 Å². The molecule has 2 atom stereocenters. The number of nitrogens with zero attached hydrogens (tertiary/aromatic N) is 10. The van der Waals surface area contributed by atoms with Gasteiger partial charge in [0.2, 0.25) is 17.9 Å². The number of aromatic nitrogens is 8. The molecule has 0 saturated heterocycles. The first kappa shape index (κ1) is 36.1. The molecule has 0 bridgehead atoms.